The van der Waals surface area contributed by atoms with Gasteiger partial charge in [-0.15, -0.1) is 0 Å². The molecule has 1 aliphatic heterocycles. The van der Waals surface area contributed by atoms with E-state index in [1.54, 1.807) is 0 Å². The number of aryl methyl sites for hydroxylation is 2. The van der Waals surface area contributed by atoms with Crippen LogP contribution in [0.4, 0.5) is 0 Å². The quantitative estimate of drug-likeness (QED) is 0.788. The summed E-state index contributed by atoms with van der Waals surface area (Å²) in [6, 6.07) is 13.3. The first-order valence-electron chi connectivity index (χ1n) is 7.38. The molecule has 110 valence electrons. The van der Waals surface area contributed by atoms with Gasteiger partial charge in [-0.05, 0) is 77.7 Å². The van der Waals surface area contributed by atoms with Crippen molar-refractivity contribution in [2.45, 2.75) is 25.8 Å². The molecule has 2 aromatic rings. The zero-order chi connectivity index (χ0) is 14.8. The number of ether oxygens (including phenoxy) is 1. The summed E-state index contributed by atoms with van der Waals surface area (Å²) in [5.41, 5.74) is 5.32. The molecule has 21 heavy (non-hydrogen) atoms. The van der Waals surface area contributed by atoms with Crippen LogP contribution < -0.4 is 10.1 Å². The fraction of sp³-hybridized carbons (Fsp3) is 0.333. The maximum Gasteiger partial charge on any atom is 0.122 e. The summed E-state index contributed by atoms with van der Waals surface area (Å²) in [4.78, 5) is 0. The van der Waals surface area contributed by atoms with E-state index < -0.39 is 0 Å². The summed E-state index contributed by atoms with van der Waals surface area (Å²) in [7, 11) is 2.03. The van der Waals surface area contributed by atoms with Crippen molar-refractivity contribution in [3.8, 4) is 5.75 Å². The first kappa shape index (κ1) is 14.9. The molecule has 1 atom stereocenters. The Morgan fingerprint density at radius 3 is 2.90 bits per heavy atom. The number of halogens is 1. The summed E-state index contributed by atoms with van der Waals surface area (Å²) in [5.74, 6) is 1.05. The highest BCUT2D eigenvalue weighted by atomic mass is 127. The van der Waals surface area contributed by atoms with E-state index in [2.05, 4.69) is 71.2 Å². The van der Waals surface area contributed by atoms with Gasteiger partial charge >= 0.3 is 0 Å². The number of hydrogen-bond acceptors (Lipinski definition) is 2. The highest BCUT2D eigenvalue weighted by Gasteiger charge is 2.18. The normalized spacial score (nSPS) is 15.2. The Labute approximate surface area is 140 Å². The van der Waals surface area contributed by atoms with E-state index in [0.29, 0.717) is 0 Å². The van der Waals surface area contributed by atoms with Crippen LogP contribution in [0.5, 0.6) is 5.75 Å². The average molecular weight is 393 g/mol. The number of fused-ring (bicyclic) bond motifs is 1. The van der Waals surface area contributed by atoms with Crippen molar-refractivity contribution in [2.75, 3.05) is 13.7 Å². The van der Waals surface area contributed by atoms with Gasteiger partial charge in [0, 0.05) is 3.57 Å². The second-order valence-electron chi connectivity index (χ2n) is 5.52. The van der Waals surface area contributed by atoms with Gasteiger partial charge in [0.1, 0.15) is 5.75 Å². The molecule has 0 radical (unpaired) electrons. The monoisotopic (exact) mass is 393 g/mol. The van der Waals surface area contributed by atoms with Crippen LogP contribution in [0.2, 0.25) is 0 Å². The average Bonchev–Trinajstić information content (AvgIpc) is 2.52. The molecular weight excluding hydrogens is 373 g/mol. The fourth-order valence-corrected chi connectivity index (χ4v) is 3.63. The van der Waals surface area contributed by atoms with E-state index in [4.69, 9.17) is 4.74 Å². The van der Waals surface area contributed by atoms with Crippen molar-refractivity contribution in [3.05, 3.63) is 62.2 Å². The van der Waals surface area contributed by atoms with Crippen LogP contribution in [0.1, 0.15) is 34.7 Å². The van der Waals surface area contributed by atoms with Crippen molar-refractivity contribution < 1.29 is 4.74 Å². The lowest BCUT2D eigenvalue weighted by atomic mass is 9.94. The lowest BCUT2D eigenvalue weighted by Crippen LogP contribution is -2.20. The summed E-state index contributed by atoms with van der Waals surface area (Å²) in [5, 5.41) is 3.46. The SMILES string of the molecule is CNC(c1ccc2c(c1)CCCO2)c1cccc(C)c1I. The topological polar surface area (TPSA) is 21.3 Å². The molecule has 0 saturated heterocycles. The molecule has 0 fully saturated rings. The van der Waals surface area contributed by atoms with Gasteiger partial charge in [-0.3, -0.25) is 0 Å². The van der Waals surface area contributed by atoms with Gasteiger partial charge < -0.3 is 10.1 Å². The molecule has 1 N–H and O–H groups in total. The Hall–Kier alpha value is -1.07. The summed E-state index contributed by atoms with van der Waals surface area (Å²) >= 11 is 2.45. The third kappa shape index (κ3) is 2.94. The number of hydrogen-bond donors (Lipinski definition) is 1. The molecule has 3 rings (SSSR count). The van der Waals surface area contributed by atoms with Gasteiger partial charge in [-0.2, -0.15) is 0 Å². The van der Waals surface area contributed by atoms with Gasteiger partial charge in [0.15, 0.2) is 0 Å². The smallest absolute Gasteiger partial charge is 0.122 e. The molecule has 0 aliphatic carbocycles. The lowest BCUT2D eigenvalue weighted by molar-refractivity contribution is 0.288. The van der Waals surface area contributed by atoms with E-state index in [9.17, 15) is 0 Å². The molecule has 1 unspecified atom stereocenters. The van der Waals surface area contributed by atoms with E-state index in [1.807, 2.05) is 7.05 Å². The van der Waals surface area contributed by atoms with Crippen molar-refractivity contribution in [3.63, 3.8) is 0 Å². The number of rotatable bonds is 3. The van der Waals surface area contributed by atoms with Crippen LogP contribution in [-0.4, -0.2) is 13.7 Å². The Balaban J connectivity index is 2.02. The minimum atomic E-state index is 0.226. The molecule has 3 heteroatoms. The second kappa shape index (κ2) is 6.36. The fourth-order valence-electron chi connectivity index (χ4n) is 2.95. The molecule has 0 saturated carbocycles. The molecule has 0 amide bonds. The first-order chi connectivity index (χ1) is 10.2. The molecule has 2 aromatic carbocycles. The van der Waals surface area contributed by atoms with Gasteiger partial charge in [-0.25, -0.2) is 0 Å². The zero-order valence-electron chi connectivity index (χ0n) is 12.4. The molecule has 2 nitrogen and oxygen atoms in total. The van der Waals surface area contributed by atoms with E-state index in [-0.39, 0.29) is 6.04 Å². The zero-order valence-corrected chi connectivity index (χ0v) is 14.6. The van der Waals surface area contributed by atoms with Gasteiger partial charge in [0.2, 0.25) is 0 Å². The Bertz CT molecular complexity index is 654. The standard InChI is InChI=1S/C18H20INO/c1-12-5-3-7-15(17(12)19)18(20-2)14-8-9-16-13(11-14)6-4-10-21-16/h3,5,7-9,11,18,20H,4,6,10H2,1-2H3. The van der Waals surface area contributed by atoms with Crippen LogP contribution in [-0.2, 0) is 6.42 Å². The molecule has 0 aromatic heterocycles. The highest BCUT2D eigenvalue weighted by Crippen LogP contribution is 2.32. The summed E-state index contributed by atoms with van der Waals surface area (Å²) in [6.07, 6.45) is 2.23. The van der Waals surface area contributed by atoms with Crippen LogP contribution >= 0.6 is 22.6 Å². The predicted octanol–water partition coefficient (Wildman–Crippen LogP) is 4.23. The van der Waals surface area contributed by atoms with Crippen molar-refractivity contribution in [1.29, 1.82) is 0 Å². The highest BCUT2D eigenvalue weighted by molar-refractivity contribution is 14.1. The largest absolute Gasteiger partial charge is 0.493 e. The number of nitrogens with one attached hydrogen (secondary N) is 1. The molecular formula is C18H20INO. The van der Waals surface area contributed by atoms with E-state index >= 15 is 0 Å². The van der Waals surface area contributed by atoms with Crippen LogP contribution in [0, 0.1) is 10.5 Å². The third-order valence-corrected chi connectivity index (χ3v) is 5.56. The maximum absolute atomic E-state index is 5.72. The lowest BCUT2D eigenvalue weighted by Gasteiger charge is -2.23. The molecule has 1 heterocycles. The first-order valence-corrected chi connectivity index (χ1v) is 8.46. The van der Waals surface area contributed by atoms with Gasteiger partial charge in [0.25, 0.3) is 0 Å². The van der Waals surface area contributed by atoms with Crippen molar-refractivity contribution >= 4 is 22.6 Å². The maximum atomic E-state index is 5.72. The Kier molecular flexibility index (Phi) is 4.50. The second-order valence-corrected chi connectivity index (χ2v) is 6.60. The molecule has 1 aliphatic rings. The van der Waals surface area contributed by atoms with Gasteiger partial charge in [0.05, 0.1) is 12.6 Å². The van der Waals surface area contributed by atoms with Gasteiger partial charge in [-0.1, -0.05) is 30.3 Å². The minimum Gasteiger partial charge on any atom is -0.493 e. The van der Waals surface area contributed by atoms with E-state index in [0.717, 1.165) is 25.2 Å². The summed E-state index contributed by atoms with van der Waals surface area (Å²) in [6.45, 7) is 3.01. The minimum absolute atomic E-state index is 0.226. The van der Waals surface area contributed by atoms with Crippen molar-refractivity contribution in [2.24, 2.45) is 0 Å². The summed E-state index contributed by atoms with van der Waals surface area (Å²) < 4.78 is 7.05. The Morgan fingerprint density at radius 1 is 1.24 bits per heavy atom. The third-order valence-electron chi connectivity index (χ3n) is 4.09. The van der Waals surface area contributed by atoms with Crippen LogP contribution in [0.15, 0.2) is 36.4 Å². The molecule has 0 spiro atoms. The van der Waals surface area contributed by atoms with E-state index in [1.165, 1.54) is 25.8 Å². The van der Waals surface area contributed by atoms with Crippen LogP contribution in [0.3, 0.4) is 0 Å². The molecule has 0 bridgehead atoms. The number of benzene rings is 2. The van der Waals surface area contributed by atoms with Crippen LogP contribution in [0.25, 0.3) is 0 Å². The van der Waals surface area contributed by atoms with Crippen molar-refractivity contribution in [1.82, 2.24) is 5.32 Å². The Morgan fingerprint density at radius 2 is 2.10 bits per heavy atom. The predicted molar refractivity (Wildman–Crippen MR) is 95.1 cm³/mol.